The fraction of sp³-hybridized carbons (Fsp3) is 0.393. The highest BCUT2D eigenvalue weighted by Gasteiger charge is 2.37. The molecular formula is C28H31FN2O2. The zero-order valence-electron chi connectivity index (χ0n) is 18.9. The molecule has 5 rings (SSSR count). The van der Waals surface area contributed by atoms with E-state index in [1.54, 1.807) is 12.1 Å². The summed E-state index contributed by atoms with van der Waals surface area (Å²) in [5, 5.41) is 12.1. The number of carbonyl (C=O) groups is 1. The summed E-state index contributed by atoms with van der Waals surface area (Å²) in [5.41, 5.74) is 1.96. The maximum Gasteiger partial charge on any atom is 0.254 e. The number of aliphatic hydroxyl groups is 1. The maximum absolute atomic E-state index is 13.4. The molecule has 0 saturated carbocycles. The minimum Gasteiger partial charge on any atom is -0.396 e. The second-order valence-corrected chi connectivity index (χ2v) is 9.57. The summed E-state index contributed by atoms with van der Waals surface area (Å²) in [4.78, 5) is 17.8. The van der Waals surface area contributed by atoms with Gasteiger partial charge in [-0.2, -0.15) is 0 Å². The third-order valence-corrected chi connectivity index (χ3v) is 7.54. The SMILES string of the molecule is O=C(c1cccc2ccccc12)N1CC(CN2CCC(c3ccc(F)cc3)CC2)[C@H](CO)C1. The van der Waals surface area contributed by atoms with Crippen molar-refractivity contribution >= 4 is 16.7 Å². The van der Waals surface area contributed by atoms with E-state index in [-0.39, 0.29) is 30.2 Å². The van der Waals surface area contributed by atoms with E-state index in [2.05, 4.69) is 4.90 Å². The number of likely N-dealkylation sites (tertiary alicyclic amines) is 2. The largest absolute Gasteiger partial charge is 0.396 e. The minimum atomic E-state index is -0.185. The van der Waals surface area contributed by atoms with Crippen molar-refractivity contribution in [3.8, 4) is 0 Å². The van der Waals surface area contributed by atoms with E-state index < -0.39 is 0 Å². The van der Waals surface area contributed by atoms with Gasteiger partial charge >= 0.3 is 0 Å². The van der Waals surface area contributed by atoms with Crippen molar-refractivity contribution in [2.75, 3.05) is 39.3 Å². The molecule has 2 saturated heterocycles. The molecule has 172 valence electrons. The molecular weight excluding hydrogens is 415 g/mol. The Bertz CT molecular complexity index is 1100. The van der Waals surface area contributed by atoms with Crippen molar-refractivity contribution in [3.05, 3.63) is 83.7 Å². The van der Waals surface area contributed by atoms with E-state index in [4.69, 9.17) is 0 Å². The standard InChI is InChI=1S/C28H31FN2O2/c29-25-10-8-20(9-11-25)21-12-14-30(15-13-21)16-23-17-31(18-24(23)19-32)28(33)27-7-3-5-22-4-1-2-6-26(22)27/h1-11,21,23-24,32H,12-19H2/t23?,24-/m0/s1. The fourth-order valence-electron chi connectivity index (χ4n) is 5.62. The van der Waals surface area contributed by atoms with Crippen molar-refractivity contribution < 1.29 is 14.3 Å². The molecule has 1 N–H and O–H groups in total. The molecule has 0 aliphatic carbocycles. The Morgan fingerprint density at radius 2 is 1.61 bits per heavy atom. The van der Waals surface area contributed by atoms with Crippen LogP contribution in [0.25, 0.3) is 10.8 Å². The van der Waals surface area contributed by atoms with Gasteiger partial charge in [-0.15, -0.1) is 0 Å². The van der Waals surface area contributed by atoms with E-state index in [0.717, 1.165) is 48.8 Å². The smallest absolute Gasteiger partial charge is 0.254 e. The quantitative estimate of drug-likeness (QED) is 0.626. The number of benzene rings is 3. The van der Waals surface area contributed by atoms with Gasteiger partial charge in [0.1, 0.15) is 5.82 Å². The molecule has 2 aliphatic rings. The summed E-state index contributed by atoms with van der Waals surface area (Å²) in [6.45, 7) is 4.29. The van der Waals surface area contributed by atoms with E-state index in [9.17, 15) is 14.3 Å². The molecule has 2 aliphatic heterocycles. The Morgan fingerprint density at radius 3 is 2.36 bits per heavy atom. The third-order valence-electron chi connectivity index (χ3n) is 7.54. The lowest BCUT2D eigenvalue weighted by atomic mass is 9.88. The minimum absolute atomic E-state index is 0.0581. The van der Waals surface area contributed by atoms with Crippen LogP contribution in [0.3, 0.4) is 0 Å². The van der Waals surface area contributed by atoms with Crippen LogP contribution >= 0.6 is 0 Å². The van der Waals surface area contributed by atoms with E-state index in [0.29, 0.717) is 19.0 Å². The average Bonchev–Trinajstić information content (AvgIpc) is 3.27. The molecule has 33 heavy (non-hydrogen) atoms. The Kier molecular flexibility index (Phi) is 6.43. The average molecular weight is 447 g/mol. The molecule has 2 heterocycles. The van der Waals surface area contributed by atoms with Gasteiger partial charge in [0.2, 0.25) is 0 Å². The number of hydrogen-bond acceptors (Lipinski definition) is 3. The Labute approximate surface area is 194 Å². The van der Waals surface area contributed by atoms with Crippen molar-refractivity contribution in [2.45, 2.75) is 18.8 Å². The van der Waals surface area contributed by atoms with Crippen LogP contribution in [-0.4, -0.2) is 60.1 Å². The molecule has 2 atom stereocenters. The number of nitrogens with zero attached hydrogens (tertiary/aromatic N) is 2. The lowest BCUT2D eigenvalue weighted by Crippen LogP contribution is -2.39. The first-order chi connectivity index (χ1) is 16.1. The van der Waals surface area contributed by atoms with Gasteiger partial charge in [-0.1, -0.05) is 48.5 Å². The molecule has 0 radical (unpaired) electrons. The lowest BCUT2D eigenvalue weighted by molar-refractivity contribution is 0.0780. The lowest BCUT2D eigenvalue weighted by Gasteiger charge is -2.34. The highest BCUT2D eigenvalue weighted by atomic mass is 19.1. The third kappa shape index (κ3) is 4.66. The Morgan fingerprint density at radius 1 is 0.909 bits per heavy atom. The number of hydrogen-bond donors (Lipinski definition) is 1. The highest BCUT2D eigenvalue weighted by molar-refractivity contribution is 6.07. The summed E-state index contributed by atoms with van der Waals surface area (Å²) >= 11 is 0. The number of amides is 1. The van der Waals surface area contributed by atoms with Crippen LogP contribution < -0.4 is 0 Å². The van der Waals surface area contributed by atoms with Gasteiger partial charge in [0.05, 0.1) is 0 Å². The molecule has 2 fully saturated rings. The second-order valence-electron chi connectivity index (χ2n) is 9.57. The molecule has 0 aromatic heterocycles. The van der Waals surface area contributed by atoms with Crippen LogP contribution in [0.4, 0.5) is 4.39 Å². The molecule has 5 heteroatoms. The van der Waals surface area contributed by atoms with Crippen LogP contribution in [0, 0.1) is 17.7 Å². The number of fused-ring (bicyclic) bond motifs is 1. The normalized spacial score (nSPS) is 22.2. The van der Waals surface area contributed by atoms with Crippen LogP contribution in [0.15, 0.2) is 66.7 Å². The second kappa shape index (κ2) is 9.62. The van der Waals surface area contributed by atoms with E-state index >= 15 is 0 Å². The van der Waals surface area contributed by atoms with Crippen molar-refractivity contribution in [3.63, 3.8) is 0 Å². The highest BCUT2D eigenvalue weighted by Crippen LogP contribution is 2.31. The van der Waals surface area contributed by atoms with Crippen molar-refractivity contribution in [1.29, 1.82) is 0 Å². The first-order valence-corrected chi connectivity index (χ1v) is 12.0. The van der Waals surface area contributed by atoms with E-state index in [1.807, 2.05) is 59.5 Å². The number of aliphatic hydroxyl groups excluding tert-OH is 1. The molecule has 4 nitrogen and oxygen atoms in total. The summed E-state index contributed by atoms with van der Waals surface area (Å²) in [6, 6.07) is 20.8. The van der Waals surface area contributed by atoms with Gasteiger partial charge < -0.3 is 14.9 Å². The van der Waals surface area contributed by atoms with Crippen LogP contribution in [0.2, 0.25) is 0 Å². The van der Waals surface area contributed by atoms with Crippen molar-refractivity contribution in [2.24, 2.45) is 11.8 Å². The number of halogens is 1. The predicted octanol–water partition coefficient (Wildman–Crippen LogP) is 4.54. The van der Waals surface area contributed by atoms with E-state index in [1.165, 1.54) is 5.56 Å². The molecule has 3 aromatic carbocycles. The zero-order valence-corrected chi connectivity index (χ0v) is 18.9. The van der Waals surface area contributed by atoms with Gasteiger partial charge in [-0.3, -0.25) is 4.79 Å². The summed E-state index contributed by atoms with van der Waals surface area (Å²) in [5.74, 6) is 0.733. The molecule has 3 aromatic rings. The summed E-state index contributed by atoms with van der Waals surface area (Å²) < 4.78 is 13.2. The summed E-state index contributed by atoms with van der Waals surface area (Å²) in [6.07, 6.45) is 2.11. The predicted molar refractivity (Wildman–Crippen MR) is 129 cm³/mol. The molecule has 1 amide bonds. The number of piperidine rings is 1. The Hall–Kier alpha value is -2.76. The van der Waals surface area contributed by atoms with Gasteiger partial charge in [0, 0.05) is 37.7 Å². The van der Waals surface area contributed by atoms with Crippen LogP contribution in [0.1, 0.15) is 34.7 Å². The summed E-state index contributed by atoms with van der Waals surface area (Å²) in [7, 11) is 0. The fourth-order valence-corrected chi connectivity index (χ4v) is 5.62. The first kappa shape index (κ1) is 22.1. The van der Waals surface area contributed by atoms with Gasteiger partial charge in [-0.25, -0.2) is 4.39 Å². The molecule has 1 unspecified atom stereocenters. The number of carbonyl (C=O) groups excluding carboxylic acids is 1. The molecule has 0 spiro atoms. The van der Waals surface area contributed by atoms with Gasteiger partial charge in [0.15, 0.2) is 0 Å². The topological polar surface area (TPSA) is 43.8 Å². The first-order valence-electron chi connectivity index (χ1n) is 12.0. The monoisotopic (exact) mass is 446 g/mol. The van der Waals surface area contributed by atoms with Gasteiger partial charge in [-0.05, 0) is 72.3 Å². The van der Waals surface area contributed by atoms with Crippen LogP contribution in [-0.2, 0) is 0 Å². The van der Waals surface area contributed by atoms with Crippen molar-refractivity contribution in [1.82, 2.24) is 9.80 Å². The number of rotatable bonds is 5. The van der Waals surface area contributed by atoms with Crippen LogP contribution in [0.5, 0.6) is 0 Å². The molecule has 0 bridgehead atoms. The zero-order chi connectivity index (χ0) is 22.8. The maximum atomic E-state index is 13.4. The van der Waals surface area contributed by atoms with Gasteiger partial charge in [0.25, 0.3) is 5.91 Å². The Balaban J connectivity index is 1.22.